The highest BCUT2D eigenvalue weighted by Gasteiger charge is 2.23. The molecule has 1 aliphatic rings. The maximum Gasteiger partial charge on any atom is 0.0241 e. The van der Waals surface area contributed by atoms with Crippen LogP contribution in [-0.4, -0.2) is 55.6 Å². The molecule has 2 unspecified atom stereocenters. The molecular weight excluding hydrogens is 186 g/mol. The van der Waals surface area contributed by atoms with Gasteiger partial charge in [-0.2, -0.15) is 0 Å². The van der Waals surface area contributed by atoms with Gasteiger partial charge in [-0.15, -0.1) is 0 Å². The summed E-state index contributed by atoms with van der Waals surface area (Å²) in [5.41, 5.74) is 7.41. The first-order valence-corrected chi connectivity index (χ1v) is 5.78. The fraction of sp³-hybridized carbons (Fsp3) is 0.833. The van der Waals surface area contributed by atoms with Gasteiger partial charge in [0.2, 0.25) is 0 Å². The predicted molar refractivity (Wildman–Crippen MR) is 65.9 cm³/mol. The molecule has 1 saturated heterocycles. The Bertz CT molecular complexity index is 221. The maximum absolute atomic E-state index is 6.09. The quantitative estimate of drug-likeness (QED) is 0.705. The first-order chi connectivity index (χ1) is 6.99. The lowest BCUT2D eigenvalue weighted by Gasteiger charge is -2.38. The molecule has 1 heterocycles. The molecule has 0 aliphatic carbocycles. The summed E-state index contributed by atoms with van der Waals surface area (Å²) in [5, 5.41) is 0. The molecule has 0 spiro atoms. The second-order valence-corrected chi connectivity index (χ2v) is 5.04. The highest BCUT2D eigenvalue weighted by atomic mass is 15.3. The highest BCUT2D eigenvalue weighted by Crippen LogP contribution is 2.12. The summed E-state index contributed by atoms with van der Waals surface area (Å²) in [6.45, 7) is 7.68. The zero-order valence-electron chi connectivity index (χ0n) is 10.5. The van der Waals surface area contributed by atoms with Crippen LogP contribution in [0, 0.1) is 0 Å². The minimum atomic E-state index is 0.203. The molecule has 0 saturated carbocycles. The molecule has 2 atom stereocenters. The Kier molecular flexibility index (Phi) is 4.77. The largest absolute Gasteiger partial charge is 0.324 e. The van der Waals surface area contributed by atoms with Crippen molar-refractivity contribution in [2.75, 3.05) is 33.7 Å². The number of nitrogens with zero attached hydrogens (tertiary/aromatic N) is 2. The molecule has 0 radical (unpaired) electrons. The van der Waals surface area contributed by atoms with Crippen molar-refractivity contribution in [1.82, 2.24) is 9.80 Å². The van der Waals surface area contributed by atoms with Gasteiger partial charge in [0, 0.05) is 31.7 Å². The normalized spacial score (nSPS) is 26.3. The van der Waals surface area contributed by atoms with Gasteiger partial charge in [0.05, 0.1) is 0 Å². The van der Waals surface area contributed by atoms with E-state index in [1.807, 2.05) is 0 Å². The zero-order valence-corrected chi connectivity index (χ0v) is 10.5. The fourth-order valence-electron chi connectivity index (χ4n) is 2.17. The van der Waals surface area contributed by atoms with Crippen LogP contribution in [0.2, 0.25) is 0 Å². The lowest BCUT2D eigenvalue weighted by atomic mass is 10.0. The zero-order chi connectivity index (χ0) is 11.4. The van der Waals surface area contributed by atoms with E-state index in [-0.39, 0.29) is 6.04 Å². The van der Waals surface area contributed by atoms with Gasteiger partial charge in [-0.1, -0.05) is 11.6 Å². The van der Waals surface area contributed by atoms with Gasteiger partial charge in [0.1, 0.15) is 0 Å². The summed E-state index contributed by atoms with van der Waals surface area (Å²) in [7, 11) is 4.39. The molecule has 3 heteroatoms. The first-order valence-electron chi connectivity index (χ1n) is 5.78. The van der Waals surface area contributed by atoms with Crippen molar-refractivity contribution >= 4 is 0 Å². The molecular formula is C12H25N3. The van der Waals surface area contributed by atoms with Crippen LogP contribution in [0.15, 0.2) is 11.6 Å². The van der Waals surface area contributed by atoms with E-state index in [9.17, 15) is 0 Å². The van der Waals surface area contributed by atoms with Crippen molar-refractivity contribution in [2.24, 2.45) is 5.73 Å². The first kappa shape index (κ1) is 12.7. The Balaban J connectivity index is 2.45. The van der Waals surface area contributed by atoms with Crippen molar-refractivity contribution in [1.29, 1.82) is 0 Å². The van der Waals surface area contributed by atoms with Crippen LogP contribution < -0.4 is 5.73 Å². The standard InChI is InChI=1S/C12H25N3/c1-10(2)7-11(13)8-12-9-14(3)5-6-15(12)4/h7,11-12H,5-6,8-9,13H2,1-4H3. The van der Waals surface area contributed by atoms with E-state index < -0.39 is 0 Å². The van der Waals surface area contributed by atoms with Gasteiger partial charge in [-0.25, -0.2) is 0 Å². The van der Waals surface area contributed by atoms with Crippen LogP contribution >= 0.6 is 0 Å². The second-order valence-electron chi connectivity index (χ2n) is 5.04. The minimum Gasteiger partial charge on any atom is -0.324 e. The summed E-state index contributed by atoms with van der Waals surface area (Å²) in [6.07, 6.45) is 3.23. The monoisotopic (exact) mass is 211 g/mol. The summed E-state index contributed by atoms with van der Waals surface area (Å²) in [4.78, 5) is 4.82. The van der Waals surface area contributed by atoms with E-state index in [0.717, 1.165) is 19.5 Å². The second kappa shape index (κ2) is 5.64. The van der Waals surface area contributed by atoms with Crippen molar-refractivity contribution in [3.63, 3.8) is 0 Å². The van der Waals surface area contributed by atoms with Crippen LogP contribution in [-0.2, 0) is 0 Å². The van der Waals surface area contributed by atoms with Gasteiger partial charge >= 0.3 is 0 Å². The Morgan fingerprint density at radius 3 is 2.67 bits per heavy atom. The molecule has 2 N–H and O–H groups in total. The number of piperazine rings is 1. The van der Waals surface area contributed by atoms with E-state index in [2.05, 4.69) is 43.8 Å². The van der Waals surface area contributed by atoms with Crippen LogP contribution in [0.5, 0.6) is 0 Å². The number of nitrogens with two attached hydrogens (primary N) is 1. The maximum atomic E-state index is 6.09. The Hall–Kier alpha value is -0.380. The molecule has 88 valence electrons. The molecule has 0 aromatic heterocycles. The summed E-state index contributed by atoms with van der Waals surface area (Å²) < 4.78 is 0. The van der Waals surface area contributed by atoms with Crippen LogP contribution in [0.3, 0.4) is 0 Å². The molecule has 3 nitrogen and oxygen atoms in total. The average molecular weight is 211 g/mol. The van der Waals surface area contributed by atoms with E-state index >= 15 is 0 Å². The van der Waals surface area contributed by atoms with Crippen LogP contribution in [0.1, 0.15) is 20.3 Å². The summed E-state index contributed by atoms with van der Waals surface area (Å²) in [6, 6.07) is 0.809. The average Bonchev–Trinajstić information content (AvgIpc) is 2.10. The molecule has 0 amide bonds. The number of allylic oxidation sites excluding steroid dienone is 1. The number of hydrogen-bond acceptors (Lipinski definition) is 3. The van der Waals surface area contributed by atoms with E-state index in [4.69, 9.17) is 5.73 Å². The fourth-order valence-corrected chi connectivity index (χ4v) is 2.17. The van der Waals surface area contributed by atoms with Gasteiger partial charge in [0.25, 0.3) is 0 Å². The van der Waals surface area contributed by atoms with Crippen molar-refractivity contribution < 1.29 is 0 Å². The number of hydrogen-bond donors (Lipinski definition) is 1. The topological polar surface area (TPSA) is 32.5 Å². The smallest absolute Gasteiger partial charge is 0.0241 e. The Morgan fingerprint density at radius 2 is 2.07 bits per heavy atom. The third-order valence-electron chi connectivity index (χ3n) is 3.07. The van der Waals surface area contributed by atoms with Crippen molar-refractivity contribution in [3.8, 4) is 0 Å². The van der Waals surface area contributed by atoms with Crippen molar-refractivity contribution in [3.05, 3.63) is 11.6 Å². The molecule has 0 aromatic rings. The molecule has 1 aliphatic heterocycles. The van der Waals surface area contributed by atoms with Gasteiger partial charge in [-0.05, 0) is 34.4 Å². The number of rotatable bonds is 3. The molecule has 15 heavy (non-hydrogen) atoms. The number of likely N-dealkylation sites (N-methyl/N-ethyl adjacent to an activating group) is 2. The third kappa shape index (κ3) is 4.33. The molecule has 1 fully saturated rings. The predicted octanol–water partition coefficient (Wildman–Crippen LogP) is 0.916. The Morgan fingerprint density at radius 1 is 1.40 bits per heavy atom. The van der Waals surface area contributed by atoms with Gasteiger partial charge < -0.3 is 15.5 Å². The molecule has 0 aromatic carbocycles. The van der Waals surface area contributed by atoms with Crippen LogP contribution in [0.25, 0.3) is 0 Å². The van der Waals surface area contributed by atoms with Crippen LogP contribution in [0.4, 0.5) is 0 Å². The van der Waals surface area contributed by atoms with Crippen molar-refractivity contribution in [2.45, 2.75) is 32.4 Å². The minimum absolute atomic E-state index is 0.203. The third-order valence-corrected chi connectivity index (χ3v) is 3.07. The highest BCUT2D eigenvalue weighted by molar-refractivity contribution is 5.01. The van der Waals surface area contributed by atoms with E-state index in [1.54, 1.807) is 0 Å². The Labute approximate surface area is 93.9 Å². The van der Waals surface area contributed by atoms with E-state index in [0.29, 0.717) is 6.04 Å². The molecule has 1 rings (SSSR count). The summed E-state index contributed by atoms with van der Waals surface area (Å²) >= 11 is 0. The SMILES string of the molecule is CC(C)=CC(N)CC1CN(C)CCN1C. The molecule has 0 bridgehead atoms. The summed E-state index contributed by atoms with van der Waals surface area (Å²) in [5.74, 6) is 0. The van der Waals surface area contributed by atoms with Gasteiger partial charge in [-0.3, -0.25) is 0 Å². The van der Waals surface area contributed by atoms with E-state index in [1.165, 1.54) is 12.1 Å². The lowest BCUT2D eigenvalue weighted by Crippen LogP contribution is -2.51. The van der Waals surface area contributed by atoms with Gasteiger partial charge in [0.15, 0.2) is 0 Å². The lowest BCUT2D eigenvalue weighted by molar-refractivity contribution is 0.107.